The number of hydrogen-bond acceptors (Lipinski definition) is 5. The van der Waals surface area contributed by atoms with Gasteiger partial charge in [-0.25, -0.2) is 8.42 Å². The lowest BCUT2D eigenvalue weighted by Gasteiger charge is -2.36. The van der Waals surface area contributed by atoms with Crippen LogP contribution in [-0.4, -0.2) is 55.6 Å². The summed E-state index contributed by atoms with van der Waals surface area (Å²) in [5, 5.41) is 4.25. The second-order valence-electron chi connectivity index (χ2n) is 9.29. The van der Waals surface area contributed by atoms with Crippen molar-refractivity contribution in [3.63, 3.8) is 0 Å². The molecule has 1 fully saturated rings. The molecule has 0 amide bonds. The minimum Gasteiger partial charge on any atom is -0.495 e. The molecule has 36 heavy (non-hydrogen) atoms. The number of methoxy groups -OCH3 is 1. The largest absolute Gasteiger partial charge is 0.495 e. The first kappa shape index (κ1) is 22.8. The number of ether oxygens (including phenoxy) is 1. The number of sulfonamides is 1. The van der Waals surface area contributed by atoms with Crippen LogP contribution in [0.25, 0.3) is 32.6 Å². The Morgan fingerprint density at radius 1 is 0.889 bits per heavy atom. The summed E-state index contributed by atoms with van der Waals surface area (Å²) in [4.78, 5) is 7.03. The van der Waals surface area contributed by atoms with Crippen LogP contribution in [0.2, 0.25) is 0 Å². The number of benzene rings is 3. The highest BCUT2D eigenvalue weighted by Gasteiger charge is 2.30. The van der Waals surface area contributed by atoms with Gasteiger partial charge in [-0.3, -0.25) is 4.98 Å². The third-order valence-electron chi connectivity index (χ3n) is 7.33. The predicted molar refractivity (Wildman–Crippen MR) is 144 cm³/mol. The molecule has 1 aliphatic heterocycles. The first-order chi connectivity index (χ1) is 17.4. The van der Waals surface area contributed by atoms with Crippen LogP contribution in [0.1, 0.15) is 5.69 Å². The molecule has 0 aliphatic carbocycles. The molecule has 0 bridgehead atoms. The number of aromatic nitrogens is 2. The molecule has 3 aromatic carbocycles. The van der Waals surface area contributed by atoms with Gasteiger partial charge in [0.05, 0.1) is 34.4 Å². The average molecular weight is 501 g/mol. The quantitative estimate of drug-likeness (QED) is 0.358. The van der Waals surface area contributed by atoms with E-state index >= 15 is 0 Å². The Kier molecular flexibility index (Phi) is 5.39. The van der Waals surface area contributed by atoms with Crippen LogP contribution in [-0.2, 0) is 17.1 Å². The summed E-state index contributed by atoms with van der Waals surface area (Å²) < 4.78 is 36.4. The number of pyridine rings is 1. The number of piperazine rings is 1. The molecule has 1 saturated heterocycles. The molecule has 0 spiro atoms. The predicted octanol–water partition coefficient (Wildman–Crippen LogP) is 4.71. The van der Waals surface area contributed by atoms with Gasteiger partial charge < -0.3 is 14.2 Å². The number of anilines is 1. The van der Waals surface area contributed by atoms with E-state index in [1.165, 1.54) is 0 Å². The van der Waals surface area contributed by atoms with Crippen molar-refractivity contribution in [3.8, 4) is 5.75 Å². The van der Waals surface area contributed by atoms with E-state index in [0.29, 0.717) is 31.1 Å². The van der Waals surface area contributed by atoms with Crippen LogP contribution >= 0.6 is 0 Å². The van der Waals surface area contributed by atoms with Gasteiger partial charge in [0.1, 0.15) is 5.75 Å². The summed E-state index contributed by atoms with van der Waals surface area (Å²) in [5.74, 6) is 0.782. The molecule has 5 aromatic rings. The summed E-state index contributed by atoms with van der Waals surface area (Å²) in [7, 11) is 0.157. The van der Waals surface area contributed by atoms with Gasteiger partial charge in [0.25, 0.3) is 0 Å². The van der Waals surface area contributed by atoms with E-state index in [0.717, 1.165) is 49.7 Å². The molecule has 0 saturated carbocycles. The van der Waals surface area contributed by atoms with Crippen LogP contribution in [0, 0.1) is 6.92 Å². The van der Waals surface area contributed by atoms with Crippen LogP contribution in [0.15, 0.2) is 71.8 Å². The molecule has 0 unspecified atom stereocenters. The summed E-state index contributed by atoms with van der Waals surface area (Å²) in [6, 6.07) is 19.5. The van der Waals surface area contributed by atoms with Crippen LogP contribution < -0.4 is 9.64 Å². The maximum atomic E-state index is 13.4. The van der Waals surface area contributed by atoms with Crippen molar-refractivity contribution in [3.05, 3.63) is 72.6 Å². The smallest absolute Gasteiger partial charge is 0.243 e. The topological polar surface area (TPSA) is 67.7 Å². The van der Waals surface area contributed by atoms with Crippen molar-refractivity contribution in [2.24, 2.45) is 7.05 Å². The molecule has 3 heterocycles. The number of aryl methyl sites for hydroxylation is 2. The van der Waals surface area contributed by atoms with Crippen molar-refractivity contribution in [1.82, 2.24) is 13.9 Å². The number of rotatable bonds is 4. The Bertz CT molecular complexity index is 1740. The van der Waals surface area contributed by atoms with E-state index < -0.39 is 10.0 Å². The highest BCUT2D eigenvalue weighted by Crippen LogP contribution is 2.39. The first-order valence-corrected chi connectivity index (χ1v) is 13.5. The fourth-order valence-corrected chi connectivity index (χ4v) is 6.89. The SMILES string of the molecule is COc1cc2c(cc1N1CCN(S(=O)(=O)c3ccc4ccccc4c3)CC1)c1ccnc(C)c1n2C. The van der Waals surface area contributed by atoms with Crippen molar-refractivity contribution in [1.29, 1.82) is 0 Å². The van der Waals surface area contributed by atoms with E-state index in [1.54, 1.807) is 23.5 Å². The Labute approximate surface area is 210 Å². The lowest BCUT2D eigenvalue weighted by Crippen LogP contribution is -2.48. The Morgan fingerprint density at radius 2 is 1.64 bits per heavy atom. The third-order valence-corrected chi connectivity index (χ3v) is 9.22. The standard InChI is InChI=1S/C28H28N4O3S/c1-19-28-23(10-11-29-19)24-17-26(27(35-3)18-25(24)30(28)2)31-12-14-32(15-13-31)36(33,34)22-9-8-20-6-4-5-7-21(20)16-22/h4-11,16-18H,12-15H2,1-3H3. The normalized spacial score (nSPS) is 15.2. The van der Waals surface area contributed by atoms with Gasteiger partial charge in [-0.1, -0.05) is 30.3 Å². The number of nitrogens with zero attached hydrogens (tertiary/aromatic N) is 4. The molecule has 0 N–H and O–H groups in total. The highest BCUT2D eigenvalue weighted by molar-refractivity contribution is 7.89. The van der Waals surface area contributed by atoms with Gasteiger partial charge in [0, 0.05) is 56.3 Å². The molecule has 1 aliphatic rings. The molecule has 184 valence electrons. The van der Waals surface area contributed by atoms with E-state index in [1.807, 2.05) is 43.5 Å². The molecule has 8 heteroatoms. The number of fused-ring (bicyclic) bond motifs is 4. The van der Waals surface area contributed by atoms with Crippen molar-refractivity contribution in [2.45, 2.75) is 11.8 Å². The second-order valence-corrected chi connectivity index (χ2v) is 11.2. The van der Waals surface area contributed by atoms with Gasteiger partial charge in [-0.05, 0) is 42.0 Å². The van der Waals surface area contributed by atoms with Gasteiger partial charge in [0.2, 0.25) is 10.0 Å². The molecule has 6 rings (SSSR count). The van der Waals surface area contributed by atoms with Crippen LogP contribution in [0.5, 0.6) is 5.75 Å². The lowest BCUT2D eigenvalue weighted by atomic mass is 10.1. The zero-order chi connectivity index (χ0) is 25.0. The second kappa shape index (κ2) is 8.50. The van der Waals surface area contributed by atoms with Gasteiger partial charge in [0.15, 0.2) is 0 Å². The molecular formula is C28H28N4O3S. The third kappa shape index (κ3) is 3.51. The average Bonchev–Trinajstić information content (AvgIpc) is 3.19. The van der Waals surface area contributed by atoms with E-state index in [2.05, 4.69) is 39.7 Å². The van der Waals surface area contributed by atoms with Crippen LogP contribution in [0.3, 0.4) is 0 Å². The van der Waals surface area contributed by atoms with E-state index in [9.17, 15) is 8.42 Å². The van der Waals surface area contributed by atoms with Crippen molar-refractivity contribution >= 4 is 48.3 Å². The Hall–Kier alpha value is -3.62. The highest BCUT2D eigenvalue weighted by atomic mass is 32.2. The summed E-state index contributed by atoms with van der Waals surface area (Å²) in [6.07, 6.45) is 1.84. The van der Waals surface area contributed by atoms with Crippen LogP contribution in [0.4, 0.5) is 5.69 Å². The van der Waals surface area contributed by atoms with Crippen molar-refractivity contribution in [2.75, 3.05) is 38.2 Å². The molecule has 0 atom stereocenters. The zero-order valence-corrected chi connectivity index (χ0v) is 21.4. The zero-order valence-electron chi connectivity index (χ0n) is 20.6. The molecular weight excluding hydrogens is 472 g/mol. The molecule has 7 nitrogen and oxygen atoms in total. The van der Waals surface area contributed by atoms with E-state index in [-0.39, 0.29) is 0 Å². The van der Waals surface area contributed by atoms with Gasteiger partial charge in [-0.2, -0.15) is 4.31 Å². The minimum atomic E-state index is -3.57. The monoisotopic (exact) mass is 500 g/mol. The summed E-state index contributed by atoms with van der Waals surface area (Å²) >= 11 is 0. The summed E-state index contributed by atoms with van der Waals surface area (Å²) in [5.41, 5.74) is 4.16. The molecule has 0 radical (unpaired) electrons. The lowest BCUT2D eigenvalue weighted by molar-refractivity contribution is 0.378. The van der Waals surface area contributed by atoms with Gasteiger partial charge >= 0.3 is 0 Å². The maximum Gasteiger partial charge on any atom is 0.243 e. The number of hydrogen-bond donors (Lipinski definition) is 0. The van der Waals surface area contributed by atoms with Gasteiger partial charge in [-0.15, -0.1) is 0 Å². The Morgan fingerprint density at radius 3 is 2.39 bits per heavy atom. The maximum absolute atomic E-state index is 13.4. The van der Waals surface area contributed by atoms with Crippen molar-refractivity contribution < 1.29 is 13.2 Å². The summed E-state index contributed by atoms with van der Waals surface area (Å²) in [6.45, 7) is 4.01. The fourth-order valence-electron chi connectivity index (χ4n) is 5.43. The fraction of sp³-hybridized carbons (Fsp3) is 0.250. The molecule has 2 aromatic heterocycles. The Balaban J connectivity index is 1.31. The minimum absolute atomic E-state index is 0.341. The van der Waals surface area contributed by atoms with E-state index in [4.69, 9.17) is 4.74 Å². The first-order valence-electron chi connectivity index (χ1n) is 12.0.